The molecule has 0 aliphatic rings. The molecule has 4 aromatic rings. The number of hydrogen-bond acceptors (Lipinski definition) is 3. The van der Waals surface area contributed by atoms with Crippen molar-refractivity contribution in [1.82, 2.24) is 9.55 Å². The Morgan fingerprint density at radius 1 is 0.967 bits per heavy atom. The molecular formula is C23H18FN3O3. The topological polar surface area (TPSA) is 84.0 Å². The third-order valence-corrected chi connectivity index (χ3v) is 4.81. The lowest BCUT2D eigenvalue weighted by Gasteiger charge is -2.09. The van der Waals surface area contributed by atoms with E-state index >= 15 is 0 Å². The largest absolute Gasteiger partial charge is 0.328 e. The molecule has 6 nitrogen and oxygen atoms in total. The van der Waals surface area contributed by atoms with E-state index in [9.17, 15) is 18.8 Å². The number of carbonyl (C=O) groups is 1. The summed E-state index contributed by atoms with van der Waals surface area (Å²) in [6, 6.07) is 19.5. The van der Waals surface area contributed by atoms with Gasteiger partial charge in [-0.05, 0) is 54.4 Å². The van der Waals surface area contributed by atoms with Gasteiger partial charge in [0.15, 0.2) is 0 Å². The van der Waals surface area contributed by atoms with Crippen molar-refractivity contribution in [3.8, 4) is 0 Å². The fraction of sp³-hybridized carbons (Fsp3) is 0.0870. The van der Waals surface area contributed by atoms with E-state index in [0.717, 1.165) is 10.1 Å². The molecule has 0 radical (unpaired) electrons. The molecule has 30 heavy (non-hydrogen) atoms. The van der Waals surface area contributed by atoms with Crippen LogP contribution in [0.15, 0.2) is 82.4 Å². The molecule has 0 bridgehead atoms. The second-order valence-electron chi connectivity index (χ2n) is 6.84. The quantitative estimate of drug-likeness (QED) is 0.536. The summed E-state index contributed by atoms with van der Waals surface area (Å²) >= 11 is 0. The number of fused-ring (bicyclic) bond motifs is 1. The van der Waals surface area contributed by atoms with Gasteiger partial charge in [-0.3, -0.25) is 14.2 Å². The number of rotatable bonds is 5. The summed E-state index contributed by atoms with van der Waals surface area (Å²) in [5.74, 6) is -0.836. The van der Waals surface area contributed by atoms with E-state index < -0.39 is 23.0 Å². The minimum atomic E-state index is -0.528. The summed E-state index contributed by atoms with van der Waals surface area (Å²) in [6.07, 6.45) is 0.549. The molecule has 1 heterocycles. The van der Waals surface area contributed by atoms with Crippen LogP contribution in [0, 0.1) is 5.82 Å². The standard InChI is InChI=1S/C23H18FN3O3/c24-17-7-9-18(10-8-17)25-21(28)16-6-11-19-20(14-16)26-23(30)27(22(19)29)13-12-15-4-2-1-3-5-15/h1-11,14H,12-13H2,(H,25,28)(H,26,30). The molecule has 0 aliphatic carbocycles. The fourth-order valence-corrected chi connectivity index (χ4v) is 3.22. The molecule has 0 aliphatic heterocycles. The smallest absolute Gasteiger partial charge is 0.322 e. The number of halogens is 1. The van der Waals surface area contributed by atoms with Gasteiger partial charge in [-0.1, -0.05) is 30.3 Å². The normalized spacial score (nSPS) is 10.8. The summed E-state index contributed by atoms with van der Waals surface area (Å²) < 4.78 is 14.2. The van der Waals surface area contributed by atoms with Crippen LogP contribution in [-0.2, 0) is 13.0 Å². The SMILES string of the molecule is O=C(Nc1ccc(F)cc1)c1ccc2c(=O)n(CCc3ccccc3)c(=O)[nH]c2c1. The molecule has 0 atom stereocenters. The first-order valence-electron chi connectivity index (χ1n) is 9.39. The molecule has 150 valence electrons. The molecule has 3 aromatic carbocycles. The first kappa shape index (κ1) is 19.3. The highest BCUT2D eigenvalue weighted by Crippen LogP contribution is 2.13. The highest BCUT2D eigenvalue weighted by atomic mass is 19.1. The molecule has 1 amide bonds. The molecule has 2 N–H and O–H groups in total. The van der Waals surface area contributed by atoms with Crippen LogP contribution in [-0.4, -0.2) is 15.5 Å². The molecule has 4 rings (SSSR count). The number of carbonyl (C=O) groups excluding carboxylic acids is 1. The maximum absolute atomic E-state index is 13.0. The predicted octanol–water partition coefficient (Wildman–Crippen LogP) is 3.32. The lowest BCUT2D eigenvalue weighted by atomic mass is 10.1. The van der Waals surface area contributed by atoms with E-state index in [1.807, 2.05) is 30.3 Å². The number of anilines is 1. The number of nitrogens with one attached hydrogen (secondary N) is 2. The zero-order chi connectivity index (χ0) is 21.1. The Balaban J connectivity index is 1.60. The average molecular weight is 403 g/mol. The Morgan fingerprint density at radius 2 is 1.70 bits per heavy atom. The Hall–Kier alpha value is -4.00. The summed E-state index contributed by atoms with van der Waals surface area (Å²) in [7, 11) is 0. The number of amides is 1. The maximum atomic E-state index is 13.0. The van der Waals surface area contributed by atoms with Gasteiger partial charge in [-0.25, -0.2) is 9.18 Å². The van der Waals surface area contributed by atoms with Crippen molar-refractivity contribution in [2.75, 3.05) is 5.32 Å². The van der Waals surface area contributed by atoms with E-state index in [0.29, 0.717) is 17.5 Å². The third kappa shape index (κ3) is 4.05. The number of aromatic amines is 1. The number of aromatic nitrogens is 2. The molecule has 0 unspecified atom stereocenters. The number of benzene rings is 3. The van der Waals surface area contributed by atoms with Gasteiger partial charge in [0, 0.05) is 17.8 Å². The zero-order valence-corrected chi connectivity index (χ0v) is 15.9. The second kappa shape index (κ2) is 8.16. The molecule has 0 fully saturated rings. The lowest BCUT2D eigenvalue weighted by Crippen LogP contribution is -2.35. The molecule has 7 heteroatoms. The van der Waals surface area contributed by atoms with E-state index in [2.05, 4.69) is 10.3 Å². The van der Waals surface area contributed by atoms with Crippen molar-refractivity contribution in [3.05, 3.63) is 111 Å². The van der Waals surface area contributed by atoms with E-state index in [1.54, 1.807) is 0 Å². The van der Waals surface area contributed by atoms with Crippen LogP contribution < -0.4 is 16.6 Å². The summed E-state index contributed by atoms with van der Waals surface area (Å²) in [5, 5.41) is 2.97. The van der Waals surface area contributed by atoms with Crippen molar-refractivity contribution < 1.29 is 9.18 Å². The number of aryl methyl sites for hydroxylation is 1. The number of nitrogens with zero attached hydrogens (tertiary/aromatic N) is 1. The Kier molecular flexibility index (Phi) is 5.26. The number of hydrogen-bond donors (Lipinski definition) is 2. The third-order valence-electron chi connectivity index (χ3n) is 4.81. The van der Waals surface area contributed by atoms with E-state index in [4.69, 9.17) is 0 Å². The maximum Gasteiger partial charge on any atom is 0.328 e. The summed E-state index contributed by atoms with van der Waals surface area (Å²) in [6.45, 7) is 0.251. The number of H-pyrrole nitrogens is 1. The van der Waals surface area contributed by atoms with Crippen molar-refractivity contribution in [1.29, 1.82) is 0 Å². The molecule has 0 spiro atoms. The van der Waals surface area contributed by atoms with Crippen molar-refractivity contribution in [3.63, 3.8) is 0 Å². The zero-order valence-electron chi connectivity index (χ0n) is 15.9. The molecule has 0 saturated heterocycles. The van der Waals surface area contributed by atoms with Crippen LogP contribution in [0.3, 0.4) is 0 Å². The highest BCUT2D eigenvalue weighted by Gasteiger charge is 2.12. The van der Waals surface area contributed by atoms with Gasteiger partial charge < -0.3 is 10.3 Å². The van der Waals surface area contributed by atoms with Crippen LogP contribution in [0.2, 0.25) is 0 Å². The minimum absolute atomic E-state index is 0.251. The van der Waals surface area contributed by atoms with Crippen molar-refractivity contribution >= 4 is 22.5 Å². The van der Waals surface area contributed by atoms with E-state index in [1.165, 1.54) is 42.5 Å². The van der Waals surface area contributed by atoms with Crippen LogP contribution in [0.5, 0.6) is 0 Å². The summed E-state index contributed by atoms with van der Waals surface area (Å²) in [5.41, 5.74) is 1.08. The van der Waals surface area contributed by atoms with Gasteiger partial charge in [0.1, 0.15) is 5.82 Å². The lowest BCUT2D eigenvalue weighted by molar-refractivity contribution is 0.102. The first-order valence-corrected chi connectivity index (χ1v) is 9.39. The fourth-order valence-electron chi connectivity index (χ4n) is 3.22. The molecular weight excluding hydrogens is 385 g/mol. The van der Waals surface area contributed by atoms with Gasteiger partial charge in [0.05, 0.1) is 10.9 Å². The Morgan fingerprint density at radius 3 is 2.43 bits per heavy atom. The molecule has 0 saturated carbocycles. The first-order chi connectivity index (χ1) is 14.5. The monoisotopic (exact) mass is 403 g/mol. The molecule has 1 aromatic heterocycles. The van der Waals surface area contributed by atoms with Gasteiger partial charge in [0.2, 0.25) is 0 Å². The van der Waals surface area contributed by atoms with Gasteiger partial charge in [0.25, 0.3) is 11.5 Å². The van der Waals surface area contributed by atoms with Gasteiger partial charge >= 0.3 is 5.69 Å². The van der Waals surface area contributed by atoms with Crippen LogP contribution >= 0.6 is 0 Å². The van der Waals surface area contributed by atoms with Crippen LogP contribution in [0.25, 0.3) is 10.9 Å². The van der Waals surface area contributed by atoms with Crippen LogP contribution in [0.1, 0.15) is 15.9 Å². The highest BCUT2D eigenvalue weighted by molar-refractivity contribution is 6.06. The second-order valence-corrected chi connectivity index (χ2v) is 6.84. The Labute approximate surface area is 170 Å². The van der Waals surface area contributed by atoms with Gasteiger partial charge in [-0.15, -0.1) is 0 Å². The van der Waals surface area contributed by atoms with Gasteiger partial charge in [-0.2, -0.15) is 0 Å². The predicted molar refractivity (Wildman–Crippen MR) is 113 cm³/mol. The van der Waals surface area contributed by atoms with Crippen molar-refractivity contribution in [2.24, 2.45) is 0 Å². The average Bonchev–Trinajstić information content (AvgIpc) is 2.75. The van der Waals surface area contributed by atoms with E-state index in [-0.39, 0.29) is 17.6 Å². The van der Waals surface area contributed by atoms with Crippen LogP contribution in [0.4, 0.5) is 10.1 Å². The van der Waals surface area contributed by atoms with Crippen molar-refractivity contribution in [2.45, 2.75) is 13.0 Å². The summed E-state index contributed by atoms with van der Waals surface area (Å²) in [4.78, 5) is 40.4. The minimum Gasteiger partial charge on any atom is -0.322 e. The Bertz CT molecular complexity index is 1330.